The minimum Gasteiger partial charge on any atom is -0.394 e. The van der Waals surface area contributed by atoms with Gasteiger partial charge in [-0.25, -0.2) is 9.67 Å². The van der Waals surface area contributed by atoms with Crippen LogP contribution in [0.5, 0.6) is 0 Å². The summed E-state index contributed by atoms with van der Waals surface area (Å²) in [6.07, 6.45) is 0.484. The third-order valence-corrected chi connectivity index (χ3v) is 5.40. The van der Waals surface area contributed by atoms with E-state index in [1.54, 1.807) is 12.4 Å². The second-order valence-corrected chi connectivity index (χ2v) is 7.50. The number of imidazole rings is 1. The first-order valence-electron chi connectivity index (χ1n) is 9.71. The molecule has 0 bridgehead atoms. The number of hydrogen-bond acceptors (Lipinski definition) is 9. The molecule has 0 saturated carbocycles. The van der Waals surface area contributed by atoms with E-state index >= 15 is 0 Å². The molecule has 0 radical (unpaired) electrons. The number of aromatic nitrogens is 6. The normalized spacial score (nSPS) is 23.6. The Hall–Kier alpha value is -3.38. The first-order chi connectivity index (χ1) is 15.0. The highest BCUT2D eigenvalue weighted by Gasteiger charge is 2.44. The van der Waals surface area contributed by atoms with Gasteiger partial charge in [0.15, 0.2) is 17.7 Å². The van der Waals surface area contributed by atoms with Crippen molar-refractivity contribution in [2.45, 2.75) is 31.5 Å². The van der Waals surface area contributed by atoms with Crippen LogP contribution in [-0.4, -0.2) is 69.5 Å². The summed E-state index contributed by atoms with van der Waals surface area (Å²) < 4.78 is 8.56. The van der Waals surface area contributed by atoms with Gasteiger partial charge < -0.3 is 25.8 Å². The van der Waals surface area contributed by atoms with Gasteiger partial charge in [0.1, 0.15) is 23.8 Å². The number of anilines is 1. The van der Waals surface area contributed by atoms with E-state index in [1.807, 2.05) is 31.2 Å². The Labute approximate surface area is 176 Å². The van der Waals surface area contributed by atoms with Crippen LogP contribution in [0, 0.1) is 6.92 Å². The monoisotopic (exact) mass is 423 g/mol. The van der Waals surface area contributed by atoms with Crippen LogP contribution in [0.1, 0.15) is 11.8 Å². The number of aliphatic hydroxyl groups is 3. The van der Waals surface area contributed by atoms with Gasteiger partial charge in [-0.3, -0.25) is 4.57 Å². The number of aliphatic hydroxyl groups excluding tert-OH is 3. The first kappa shape index (κ1) is 19.6. The van der Waals surface area contributed by atoms with Gasteiger partial charge in [0.2, 0.25) is 0 Å². The molecule has 1 unspecified atom stereocenters. The number of fused-ring (bicyclic) bond motifs is 1. The summed E-state index contributed by atoms with van der Waals surface area (Å²) in [6.45, 7) is 1.59. The molecule has 160 valence electrons. The van der Waals surface area contributed by atoms with Gasteiger partial charge in [0, 0.05) is 11.8 Å². The molecule has 5 N–H and O–H groups in total. The Morgan fingerprint density at radius 2 is 1.87 bits per heavy atom. The summed E-state index contributed by atoms with van der Waals surface area (Å²) >= 11 is 0. The molecule has 11 heteroatoms. The second kappa shape index (κ2) is 7.39. The van der Waals surface area contributed by atoms with Crippen molar-refractivity contribution in [1.82, 2.24) is 29.3 Å². The average Bonchev–Trinajstić information content (AvgIpc) is 3.48. The number of nitrogens with two attached hydrogens (primary N) is 1. The lowest BCUT2D eigenvalue weighted by Crippen LogP contribution is -2.33. The largest absolute Gasteiger partial charge is 0.394 e. The van der Waals surface area contributed by atoms with E-state index in [0.29, 0.717) is 11.2 Å². The molecular weight excluding hydrogens is 402 g/mol. The van der Waals surface area contributed by atoms with Crippen LogP contribution in [-0.2, 0) is 4.74 Å². The summed E-state index contributed by atoms with van der Waals surface area (Å²) in [6, 6.07) is 8.05. The Bertz CT molecular complexity index is 1240. The highest BCUT2D eigenvalue weighted by molar-refractivity contribution is 5.82. The second-order valence-electron chi connectivity index (χ2n) is 7.50. The van der Waals surface area contributed by atoms with Crippen molar-refractivity contribution in [1.29, 1.82) is 0 Å². The maximum absolute atomic E-state index is 10.4. The number of nitrogens with zero attached hydrogens (tertiary/aromatic N) is 6. The number of ether oxygens (including phenoxy) is 1. The fourth-order valence-electron chi connectivity index (χ4n) is 3.65. The number of benzene rings is 1. The number of hydrogen-bond donors (Lipinski definition) is 4. The Kier molecular flexibility index (Phi) is 4.67. The molecule has 4 aromatic rings. The molecule has 4 atom stereocenters. The van der Waals surface area contributed by atoms with Crippen LogP contribution in [0.3, 0.4) is 0 Å². The summed E-state index contributed by atoms with van der Waals surface area (Å²) in [4.78, 5) is 13.0. The van der Waals surface area contributed by atoms with Gasteiger partial charge in [-0.15, -0.1) is 0 Å². The summed E-state index contributed by atoms with van der Waals surface area (Å²) in [7, 11) is 0. The molecule has 4 heterocycles. The lowest BCUT2D eigenvalue weighted by Gasteiger charge is -2.16. The van der Waals surface area contributed by atoms with Crippen LogP contribution >= 0.6 is 0 Å². The molecular formula is C20H21N7O4. The number of rotatable bonds is 4. The quantitative estimate of drug-likeness (QED) is 0.359. The van der Waals surface area contributed by atoms with Crippen molar-refractivity contribution >= 4 is 17.0 Å². The molecule has 1 aliphatic rings. The summed E-state index contributed by atoms with van der Waals surface area (Å²) in [5.41, 5.74) is 9.79. The molecule has 1 aliphatic heterocycles. The van der Waals surface area contributed by atoms with E-state index in [1.165, 1.54) is 15.6 Å². The van der Waals surface area contributed by atoms with Gasteiger partial charge in [0.25, 0.3) is 5.95 Å². The van der Waals surface area contributed by atoms with Gasteiger partial charge in [-0.05, 0) is 12.5 Å². The van der Waals surface area contributed by atoms with Gasteiger partial charge in [-0.1, -0.05) is 29.8 Å². The van der Waals surface area contributed by atoms with E-state index in [-0.39, 0.29) is 11.8 Å². The van der Waals surface area contributed by atoms with E-state index in [2.05, 4.69) is 20.1 Å². The molecule has 31 heavy (non-hydrogen) atoms. The Morgan fingerprint density at radius 1 is 1.10 bits per heavy atom. The lowest BCUT2D eigenvalue weighted by atomic mass is 10.1. The summed E-state index contributed by atoms with van der Waals surface area (Å²) in [5.74, 6) is 0.356. The average molecular weight is 423 g/mol. The van der Waals surface area contributed by atoms with E-state index in [9.17, 15) is 15.3 Å². The third kappa shape index (κ3) is 3.24. The molecule has 0 aliphatic carbocycles. The molecule has 1 aromatic carbocycles. The SMILES string of the molecule is Cc1ccc(-c2cnn(-c3nc(N)c4ncn(C5O[C@H](CO)[C@@H](O)[C@H]5O)c4n3)c2)cc1. The zero-order valence-electron chi connectivity index (χ0n) is 16.6. The van der Waals surface area contributed by atoms with Gasteiger partial charge >= 0.3 is 0 Å². The van der Waals surface area contributed by atoms with Crippen molar-refractivity contribution in [3.05, 3.63) is 48.5 Å². The molecule has 1 saturated heterocycles. The number of aryl methyl sites for hydroxylation is 1. The zero-order chi connectivity index (χ0) is 21.7. The molecule has 1 fully saturated rings. The van der Waals surface area contributed by atoms with Crippen LogP contribution in [0.4, 0.5) is 5.82 Å². The molecule has 0 amide bonds. The van der Waals surface area contributed by atoms with Crippen molar-refractivity contribution < 1.29 is 20.1 Å². The van der Waals surface area contributed by atoms with E-state index in [4.69, 9.17) is 10.5 Å². The predicted octanol–water partition coefficient (Wildman–Crippen LogP) is 0.181. The molecule has 0 spiro atoms. The molecule has 5 rings (SSSR count). The first-order valence-corrected chi connectivity index (χ1v) is 9.71. The lowest BCUT2D eigenvalue weighted by molar-refractivity contribution is -0.0511. The van der Waals surface area contributed by atoms with Crippen molar-refractivity contribution in [3.8, 4) is 17.1 Å². The van der Waals surface area contributed by atoms with Crippen LogP contribution in [0.25, 0.3) is 28.2 Å². The van der Waals surface area contributed by atoms with Crippen LogP contribution in [0.15, 0.2) is 43.0 Å². The topological polar surface area (TPSA) is 157 Å². The highest BCUT2D eigenvalue weighted by Crippen LogP contribution is 2.32. The van der Waals surface area contributed by atoms with E-state index < -0.39 is 31.1 Å². The fraction of sp³-hybridized carbons (Fsp3) is 0.300. The fourth-order valence-corrected chi connectivity index (χ4v) is 3.65. The smallest absolute Gasteiger partial charge is 0.254 e. The summed E-state index contributed by atoms with van der Waals surface area (Å²) in [5, 5.41) is 34.1. The standard InChI is InChI=1S/C20H21N7O4/c1-10-2-4-11(5-3-10)12-6-23-27(7-12)20-24-17(21)14-18(25-20)26(9-22-14)19-16(30)15(29)13(8-28)31-19/h2-7,9,13,15-16,19,28-30H,8H2,1H3,(H2,21,24,25)/t13-,15-,16-,19?/m1/s1. The molecule has 3 aromatic heterocycles. The maximum atomic E-state index is 10.4. The molecule has 11 nitrogen and oxygen atoms in total. The zero-order valence-corrected chi connectivity index (χ0v) is 16.6. The number of nitrogen functional groups attached to an aromatic ring is 1. The van der Waals surface area contributed by atoms with Gasteiger partial charge in [0.05, 0.1) is 19.1 Å². The van der Waals surface area contributed by atoms with Crippen molar-refractivity contribution in [2.75, 3.05) is 12.3 Å². The minimum atomic E-state index is -1.27. The van der Waals surface area contributed by atoms with Crippen molar-refractivity contribution in [2.24, 2.45) is 0 Å². The maximum Gasteiger partial charge on any atom is 0.254 e. The third-order valence-electron chi connectivity index (χ3n) is 5.40. The Morgan fingerprint density at radius 3 is 2.58 bits per heavy atom. The van der Waals surface area contributed by atoms with Crippen LogP contribution < -0.4 is 5.73 Å². The minimum absolute atomic E-state index is 0.137. The Balaban J connectivity index is 1.54. The predicted molar refractivity (Wildman–Crippen MR) is 110 cm³/mol. The van der Waals surface area contributed by atoms with Gasteiger partial charge in [-0.2, -0.15) is 15.1 Å². The highest BCUT2D eigenvalue weighted by atomic mass is 16.6. The van der Waals surface area contributed by atoms with Crippen LogP contribution in [0.2, 0.25) is 0 Å². The van der Waals surface area contributed by atoms with E-state index in [0.717, 1.165) is 16.7 Å². The van der Waals surface area contributed by atoms with Crippen molar-refractivity contribution in [3.63, 3.8) is 0 Å².